The number of nitrogens with two attached hydrogens (primary N) is 4. The van der Waals surface area contributed by atoms with Crippen molar-refractivity contribution in [1.29, 1.82) is 0 Å². The van der Waals surface area contributed by atoms with Crippen LogP contribution in [0.3, 0.4) is 0 Å². The Bertz CT molecular complexity index is 1420. The van der Waals surface area contributed by atoms with Crippen LogP contribution in [-0.2, 0) is 5.41 Å². The lowest BCUT2D eigenvalue weighted by Gasteiger charge is -2.34. The topological polar surface area (TPSA) is 104 Å². The Hall–Kier alpha value is -4.70. The minimum absolute atomic E-state index is 0.571. The maximum Gasteiger partial charge on any atom is 0.0423 e. The number of hydrogen-bond donors (Lipinski definition) is 4. The zero-order chi connectivity index (χ0) is 26.6. The van der Waals surface area contributed by atoms with E-state index < -0.39 is 5.41 Å². The van der Waals surface area contributed by atoms with Crippen molar-refractivity contribution in [1.82, 2.24) is 0 Å². The van der Waals surface area contributed by atoms with Crippen LogP contribution >= 0.6 is 0 Å². The summed E-state index contributed by atoms with van der Waals surface area (Å²) in [5.41, 5.74) is 34.5. The Balaban J connectivity index is 2.02. The van der Waals surface area contributed by atoms with Crippen molar-refractivity contribution >= 4 is 22.7 Å². The quantitative estimate of drug-likeness (QED) is 0.162. The highest BCUT2D eigenvalue weighted by Gasteiger charge is 2.33. The molecular formula is C33H34N4. The second-order valence-electron chi connectivity index (χ2n) is 9.26. The minimum atomic E-state index is -0.571. The van der Waals surface area contributed by atoms with E-state index in [1.807, 2.05) is 85.8 Å². The molecule has 0 atom stereocenters. The van der Waals surface area contributed by atoms with E-state index in [0.717, 1.165) is 39.0 Å². The van der Waals surface area contributed by atoms with Gasteiger partial charge in [-0.1, -0.05) is 79.4 Å². The van der Waals surface area contributed by atoms with E-state index in [1.54, 1.807) is 0 Å². The molecule has 0 saturated heterocycles. The number of rotatable bonds is 7. The van der Waals surface area contributed by atoms with Crippen molar-refractivity contribution in [3.63, 3.8) is 0 Å². The molecule has 4 nitrogen and oxygen atoms in total. The molecule has 0 aromatic heterocycles. The van der Waals surface area contributed by atoms with Gasteiger partial charge in [0.2, 0.25) is 0 Å². The third kappa shape index (κ3) is 4.74. The lowest BCUT2D eigenvalue weighted by molar-refractivity contribution is 0.691. The lowest BCUT2D eigenvalue weighted by atomic mass is 9.69. The molecular weight excluding hydrogens is 452 g/mol. The van der Waals surface area contributed by atoms with Crippen molar-refractivity contribution < 1.29 is 0 Å². The Morgan fingerprint density at radius 1 is 0.649 bits per heavy atom. The normalized spacial score (nSPS) is 12.1. The first-order valence-corrected chi connectivity index (χ1v) is 12.3. The molecule has 0 spiro atoms. The second-order valence-corrected chi connectivity index (χ2v) is 9.26. The third-order valence-corrected chi connectivity index (χ3v) is 6.98. The van der Waals surface area contributed by atoms with E-state index in [-0.39, 0.29) is 0 Å². The summed E-state index contributed by atoms with van der Waals surface area (Å²) in [7, 11) is 0. The second kappa shape index (κ2) is 10.5. The average molecular weight is 487 g/mol. The largest absolute Gasteiger partial charge is 0.398 e. The molecule has 0 unspecified atom stereocenters. The van der Waals surface area contributed by atoms with Crippen molar-refractivity contribution in [2.75, 3.05) is 22.9 Å². The molecule has 0 bridgehead atoms. The van der Waals surface area contributed by atoms with Crippen LogP contribution in [0.5, 0.6) is 0 Å². The highest BCUT2D eigenvalue weighted by Crippen LogP contribution is 2.45. The maximum atomic E-state index is 6.47. The van der Waals surface area contributed by atoms with Crippen LogP contribution in [0.2, 0.25) is 0 Å². The first kappa shape index (κ1) is 25.4. The Kier molecular flexibility index (Phi) is 7.21. The highest BCUT2D eigenvalue weighted by molar-refractivity contribution is 5.86. The number of allylic oxidation sites excluding steroid dienone is 5. The van der Waals surface area contributed by atoms with Crippen LogP contribution in [0.4, 0.5) is 22.7 Å². The summed E-state index contributed by atoms with van der Waals surface area (Å²) < 4.78 is 0. The van der Waals surface area contributed by atoms with Crippen LogP contribution in [0.1, 0.15) is 25.0 Å². The van der Waals surface area contributed by atoms with Crippen LogP contribution in [0.15, 0.2) is 121 Å². The van der Waals surface area contributed by atoms with Crippen molar-refractivity contribution in [2.24, 2.45) is 0 Å². The number of nitrogen functional groups attached to an aromatic ring is 4. The fourth-order valence-electron chi connectivity index (χ4n) is 4.88. The van der Waals surface area contributed by atoms with Gasteiger partial charge in [-0.2, -0.15) is 0 Å². The summed E-state index contributed by atoms with van der Waals surface area (Å²) in [4.78, 5) is 0. The molecule has 0 amide bonds. The highest BCUT2D eigenvalue weighted by atomic mass is 14.6. The standard InChI is InChI=1S/C33H34N4/c1-4-10-22(11-5-2)33(3,23-16-18-31(36)27(20-23)25-12-6-8-14-29(25)34)24-17-19-32(37)28(21-24)26-13-7-9-15-30(26)35/h4-21H,1,34-37H2,2-3H3/b11-5-,22-10+. The zero-order valence-corrected chi connectivity index (χ0v) is 21.4. The van der Waals surface area contributed by atoms with Gasteiger partial charge in [-0.15, -0.1) is 0 Å². The molecule has 0 fully saturated rings. The van der Waals surface area contributed by atoms with Gasteiger partial charge in [0.15, 0.2) is 0 Å². The van der Waals surface area contributed by atoms with Gasteiger partial charge in [-0.3, -0.25) is 0 Å². The molecule has 186 valence electrons. The molecule has 0 aliphatic rings. The number of para-hydroxylation sites is 2. The molecule has 0 heterocycles. The van der Waals surface area contributed by atoms with Crippen LogP contribution in [0.25, 0.3) is 22.3 Å². The average Bonchev–Trinajstić information content (AvgIpc) is 2.89. The predicted octanol–water partition coefficient (Wildman–Crippen LogP) is 7.34. The fraction of sp³-hybridized carbons (Fsp3) is 0.0909. The van der Waals surface area contributed by atoms with E-state index in [0.29, 0.717) is 22.7 Å². The molecule has 8 N–H and O–H groups in total. The monoisotopic (exact) mass is 486 g/mol. The summed E-state index contributed by atoms with van der Waals surface area (Å²) in [5, 5.41) is 0. The molecule has 0 aliphatic heterocycles. The fourth-order valence-corrected chi connectivity index (χ4v) is 4.88. The van der Waals surface area contributed by atoms with Crippen LogP contribution in [-0.4, -0.2) is 0 Å². The van der Waals surface area contributed by atoms with E-state index in [4.69, 9.17) is 22.9 Å². The first-order valence-electron chi connectivity index (χ1n) is 12.3. The van der Waals surface area contributed by atoms with E-state index in [9.17, 15) is 0 Å². The lowest BCUT2D eigenvalue weighted by Crippen LogP contribution is -2.26. The third-order valence-electron chi connectivity index (χ3n) is 6.98. The molecule has 0 radical (unpaired) electrons. The SMILES string of the molecule is C=C/C=C(\C=C/C)C(C)(c1ccc(N)c(-c2ccccc2N)c1)c1ccc(N)c(-c2ccccc2N)c1. The van der Waals surface area contributed by atoms with Gasteiger partial charge < -0.3 is 22.9 Å². The molecule has 4 aromatic rings. The van der Waals surface area contributed by atoms with Gasteiger partial charge in [0.25, 0.3) is 0 Å². The Morgan fingerprint density at radius 3 is 1.49 bits per heavy atom. The van der Waals surface area contributed by atoms with Crippen LogP contribution < -0.4 is 22.9 Å². The van der Waals surface area contributed by atoms with E-state index in [1.165, 1.54) is 0 Å². The summed E-state index contributed by atoms with van der Waals surface area (Å²) in [5.74, 6) is 0. The van der Waals surface area contributed by atoms with E-state index >= 15 is 0 Å². The van der Waals surface area contributed by atoms with E-state index in [2.05, 4.69) is 43.8 Å². The summed E-state index contributed by atoms with van der Waals surface area (Å²) in [6, 6.07) is 27.9. The number of benzene rings is 4. The van der Waals surface area contributed by atoms with Gasteiger partial charge in [0.1, 0.15) is 0 Å². The molecule has 4 heteroatoms. The minimum Gasteiger partial charge on any atom is -0.398 e. The van der Waals surface area contributed by atoms with Crippen molar-refractivity contribution in [2.45, 2.75) is 19.3 Å². The predicted molar refractivity (Wildman–Crippen MR) is 161 cm³/mol. The first-order chi connectivity index (χ1) is 17.8. The summed E-state index contributed by atoms with van der Waals surface area (Å²) in [6.45, 7) is 8.20. The van der Waals surface area contributed by atoms with Gasteiger partial charge in [-0.25, -0.2) is 0 Å². The number of hydrogen-bond acceptors (Lipinski definition) is 4. The molecule has 0 aliphatic carbocycles. The molecule has 4 aromatic carbocycles. The molecule has 4 rings (SSSR count). The van der Waals surface area contributed by atoms with Gasteiger partial charge in [0.05, 0.1) is 0 Å². The summed E-state index contributed by atoms with van der Waals surface area (Å²) in [6.07, 6.45) is 8.00. The molecule has 37 heavy (non-hydrogen) atoms. The smallest absolute Gasteiger partial charge is 0.0423 e. The zero-order valence-electron chi connectivity index (χ0n) is 21.4. The van der Waals surface area contributed by atoms with Crippen molar-refractivity contribution in [3.8, 4) is 22.3 Å². The Labute approximate surface area is 219 Å². The van der Waals surface area contributed by atoms with Crippen molar-refractivity contribution in [3.05, 3.63) is 133 Å². The summed E-state index contributed by atoms with van der Waals surface area (Å²) >= 11 is 0. The molecule has 0 saturated carbocycles. The van der Waals surface area contributed by atoms with Gasteiger partial charge >= 0.3 is 0 Å². The maximum absolute atomic E-state index is 6.47. The van der Waals surface area contributed by atoms with Gasteiger partial charge in [-0.05, 0) is 66.9 Å². The number of anilines is 4. The Morgan fingerprint density at radius 2 is 1.08 bits per heavy atom. The van der Waals surface area contributed by atoms with Crippen LogP contribution in [0, 0.1) is 0 Å². The van der Waals surface area contributed by atoms with Gasteiger partial charge in [0, 0.05) is 50.4 Å².